The highest BCUT2D eigenvalue weighted by Gasteiger charge is 2.33. The molecule has 4 nitrogen and oxygen atoms in total. The molecule has 150 valence electrons. The smallest absolute Gasteiger partial charge is 0.230 e. The lowest BCUT2D eigenvalue weighted by molar-refractivity contribution is -0.134. The molecule has 0 fully saturated rings. The maximum atomic E-state index is 12.3. The van der Waals surface area contributed by atoms with Crippen LogP contribution in [0.4, 0.5) is 0 Å². The van der Waals surface area contributed by atoms with E-state index in [1.54, 1.807) is 24.3 Å². The van der Waals surface area contributed by atoms with Crippen molar-refractivity contribution in [3.05, 3.63) is 83.1 Å². The average Bonchev–Trinajstić information content (AvgIpc) is 2.84. The summed E-state index contributed by atoms with van der Waals surface area (Å²) >= 11 is 0. The summed E-state index contributed by atoms with van der Waals surface area (Å²) in [4.78, 5) is 36.3. The molecule has 2 aliphatic rings. The highest BCUT2D eigenvalue weighted by atomic mass is 16.2. The summed E-state index contributed by atoms with van der Waals surface area (Å²) in [6.07, 6.45) is 7.07. The number of hydrogen-bond acceptors (Lipinski definition) is 3. The van der Waals surface area contributed by atoms with Crippen LogP contribution >= 0.6 is 0 Å². The molecule has 2 aromatic rings. The Hall–Kier alpha value is -3.01. The Kier molecular flexibility index (Phi) is 6.42. The third-order valence-corrected chi connectivity index (χ3v) is 5.51. The van der Waals surface area contributed by atoms with Crippen LogP contribution in [0, 0.1) is 5.92 Å². The number of fused-ring (bicyclic) bond motifs is 3. The fourth-order valence-corrected chi connectivity index (χ4v) is 4.03. The summed E-state index contributed by atoms with van der Waals surface area (Å²) in [5.74, 6) is 0.215. The van der Waals surface area contributed by atoms with Gasteiger partial charge in [-0.1, -0.05) is 61.5 Å². The molecule has 0 spiro atoms. The molecule has 0 saturated carbocycles. The van der Waals surface area contributed by atoms with E-state index in [4.69, 9.17) is 0 Å². The number of amides is 1. The molecule has 4 rings (SSSR count). The monoisotopic (exact) mass is 389 g/mol. The van der Waals surface area contributed by atoms with Crippen molar-refractivity contribution in [1.82, 2.24) is 4.90 Å². The molecule has 0 saturated heterocycles. The second-order valence-electron chi connectivity index (χ2n) is 7.69. The maximum absolute atomic E-state index is 12.3. The van der Waals surface area contributed by atoms with Crippen molar-refractivity contribution >= 4 is 17.5 Å². The van der Waals surface area contributed by atoms with E-state index in [1.165, 1.54) is 25.0 Å². The quantitative estimate of drug-likeness (QED) is 0.668. The van der Waals surface area contributed by atoms with Crippen LogP contribution in [-0.2, 0) is 11.2 Å². The van der Waals surface area contributed by atoms with Gasteiger partial charge in [0.2, 0.25) is 5.91 Å². The zero-order valence-electron chi connectivity index (χ0n) is 17.2. The Morgan fingerprint density at radius 3 is 2.14 bits per heavy atom. The Balaban J connectivity index is 0.000000177. The van der Waals surface area contributed by atoms with Crippen LogP contribution in [0.3, 0.4) is 0 Å². The van der Waals surface area contributed by atoms with E-state index in [-0.39, 0.29) is 29.4 Å². The summed E-state index contributed by atoms with van der Waals surface area (Å²) in [7, 11) is 0. The number of ketones is 2. The summed E-state index contributed by atoms with van der Waals surface area (Å²) in [5, 5.41) is 0. The standard InChI is InChI=1S/C15H17NO.C10H10O2/c1-11-10-12-6-2-3-7-13(12)14-8-4-5-9-16(14)15(11)17;1-7(11)9-5-3-4-6-10(9)8(2)12/h2-3,5-7,9,11,14H,4,8,10H2,1H3;3-6H,1-2H3/t11-,14?;/m0./s1. The number of hydrogen-bond donors (Lipinski definition) is 0. The maximum Gasteiger partial charge on any atom is 0.230 e. The largest absolute Gasteiger partial charge is 0.312 e. The first-order valence-electron chi connectivity index (χ1n) is 10.1. The van der Waals surface area contributed by atoms with E-state index < -0.39 is 0 Å². The molecule has 2 aliphatic heterocycles. The average molecular weight is 389 g/mol. The van der Waals surface area contributed by atoms with Gasteiger partial charge in [0.1, 0.15) is 0 Å². The Morgan fingerprint density at radius 1 is 0.931 bits per heavy atom. The van der Waals surface area contributed by atoms with E-state index in [0.717, 1.165) is 19.3 Å². The van der Waals surface area contributed by atoms with Gasteiger partial charge in [0, 0.05) is 23.2 Å². The third kappa shape index (κ3) is 4.53. The first-order valence-corrected chi connectivity index (χ1v) is 10.1. The predicted molar refractivity (Wildman–Crippen MR) is 114 cm³/mol. The van der Waals surface area contributed by atoms with E-state index in [0.29, 0.717) is 11.1 Å². The number of allylic oxidation sites excluding steroid dienone is 1. The van der Waals surface area contributed by atoms with Crippen molar-refractivity contribution in [3.8, 4) is 0 Å². The van der Waals surface area contributed by atoms with Crippen LogP contribution in [0.15, 0.2) is 60.8 Å². The van der Waals surface area contributed by atoms with Crippen LogP contribution in [0.5, 0.6) is 0 Å². The molecule has 0 bridgehead atoms. The molecular formula is C25H27NO3. The normalized spacial score (nSPS) is 20.0. The Morgan fingerprint density at radius 2 is 1.52 bits per heavy atom. The minimum absolute atomic E-state index is 0.0687. The molecule has 2 heterocycles. The number of nitrogens with zero attached hydrogens (tertiary/aromatic N) is 1. The summed E-state index contributed by atoms with van der Waals surface area (Å²) in [5.41, 5.74) is 3.70. The van der Waals surface area contributed by atoms with Crippen LogP contribution in [0.25, 0.3) is 0 Å². The molecule has 1 amide bonds. The number of rotatable bonds is 2. The minimum Gasteiger partial charge on any atom is -0.312 e. The number of benzene rings is 2. The van der Waals surface area contributed by atoms with E-state index in [1.807, 2.05) is 18.0 Å². The van der Waals surface area contributed by atoms with Gasteiger partial charge in [-0.2, -0.15) is 0 Å². The number of carbonyl (C=O) groups excluding carboxylic acids is 3. The first kappa shape index (κ1) is 20.7. The van der Waals surface area contributed by atoms with Crippen molar-refractivity contribution in [3.63, 3.8) is 0 Å². The lowest BCUT2D eigenvalue weighted by Crippen LogP contribution is -2.34. The summed E-state index contributed by atoms with van der Waals surface area (Å²) in [6, 6.07) is 15.6. The fraction of sp³-hybridized carbons (Fsp3) is 0.320. The highest BCUT2D eigenvalue weighted by Crippen LogP contribution is 2.36. The molecular weight excluding hydrogens is 362 g/mol. The fourth-order valence-electron chi connectivity index (χ4n) is 4.03. The molecule has 2 atom stereocenters. The molecule has 2 aromatic carbocycles. The van der Waals surface area contributed by atoms with Crippen molar-refractivity contribution in [2.45, 2.75) is 46.1 Å². The second-order valence-corrected chi connectivity index (χ2v) is 7.69. The van der Waals surface area contributed by atoms with Gasteiger partial charge in [-0.25, -0.2) is 0 Å². The highest BCUT2D eigenvalue weighted by molar-refractivity contribution is 6.07. The zero-order chi connectivity index (χ0) is 21.0. The van der Waals surface area contributed by atoms with Gasteiger partial charge in [0.15, 0.2) is 11.6 Å². The number of Topliss-reactive ketones (excluding diaryl/α,β-unsaturated/α-hetero) is 2. The van der Waals surface area contributed by atoms with Gasteiger partial charge in [-0.3, -0.25) is 14.4 Å². The second kappa shape index (κ2) is 8.99. The Labute approximate surface area is 172 Å². The Bertz CT molecular complexity index is 927. The van der Waals surface area contributed by atoms with Crippen molar-refractivity contribution in [2.24, 2.45) is 5.92 Å². The van der Waals surface area contributed by atoms with Gasteiger partial charge in [0.05, 0.1) is 6.04 Å². The van der Waals surface area contributed by atoms with E-state index in [9.17, 15) is 14.4 Å². The molecule has 0 aromatic heterocycles. The van der Waals surface area contributed by atoms with Crippen LogP contribution in [0.1, 0.15) is 71.5 Å². The van der Waals surface area contributed by atoms with E-state index in [2.05, 4.69) is 30.3 Å². The first-order chi connectivity index (χ1) is 13.9. The molecule has 1 unspecified atom stereocenters. The zero-order valence-corrected chi connectivity index (χ0v) is 17.2. The van der Waals surface area contributed by atoms with Gasteiger partial charge in [0.25, 0.3) is 0 Å². The van der Waals surface area contributed by atoms with Gasteiger partial charge < -0.3 is 4.90 Å². The van der Waals surface area contributed by atoms with Crippen molar-refractivity contribution < 1.29 is 14.4 Å². The lowest BCUT2D eigenvalue weighted by atomic mass is 9.93. The predicted octanol–water partition coefficient (Wildman–Crippen LogP) is 5.15. The SMILES string of the molecule is CC(=O)c1ccccc1C(C)=O.C[C@H]1Cc2ccccc2C2CCC=CN2C1=O. The third-order valence-electron chi connectivity index (χ3n) is 5.51. The molecule has 29 heavy (non-hydrogen) atoms. The van der Waals surface area contributed by atoms with Crippen LogP contribution in [0.2, 0.25) is 0 Å². The molecule has 4 heteroatoms. The van der Waals surface area contributed by atoms with E-state index >= 15 is 0 Å². The summed E-state index contributed by atoms with van der Waals surface area (Å²) < 4.78 is 0. The van der Waals surface area contributed by atoms with Gasteiger partial charge in [-0.15, -0.1) is 0 Å². The minimum atomic E-state index is -0.0687. The summed E-state index contributed by atoms with van der Waals surface area (Å²) in [6.45, 7) is 4.95. The number of carbonyl (C=O) groups is 3. The topological polar surface area (TPSA) is 54.5 Å². The van der Waals surface area contributed by atoms with Crippen molar-refractivity contribution in [1.29, 1.82) is 0 Å². The molecule has 0 N–H and O–H groups in total. The molecule has 0 radical (unpaired) electrons. The van der Waals surface area contributed by atoms with Crippen LogP contribution in [-0.4, -0.2) is 22.4 Å². The molecule has 0 aliphatic carbocycles. The lowest BCUT2D eigenvalue weighted by Gasteiger charge is -2.31. The van der Waals surface area contributed by atoms with Crippen molar-refractivity contribution in [2.75, 3.05) is 0 Å². The van der Waals surface area contributed by atoms with Crippen LogP contribution < -0.4 is 0 Å². The van der Waals surface area contributed by atoms with Gasteiger partial charge in [-0.05, 0) is 44.2 Å². The van der Waals surface area contributed by atoms with Gasteiger partial charge >= 0.3 is 0 Å².